The largest absolute Gasteiger partial charge is 0.438 e. The van der Waals surface area contributed by atoms with Crippen LogP contribution in [0.2, 0.25) is 0 Å². The first-order valence-electron chi connectivity index (χ1n) is 14.9. The smallest absolute Gasteiger partial charge is 0.393 e. The molecule has 6 atom stereocenters. The molecule has 2 unspecified atom stereocenters. The molecule has 4 nitrogen and oxygen atoms in total. The van der Waals surface area contributed by atoms with E-state index in [4.69, 9.17) is 0 Å². The van der Waals surface area contributed by atoms with Crippen molar-refractivity contribution in [3.8, 4) is 11.8 Å². The van der Waals surface area contributed by atoms with Crippen LogP contribution in [0, 0.1) is 34.5 Å². The third-order valence-corrected chi connectivity index (χ3v) is 10.00. The van der Waals surface area contributed by atoms with E-state index in [-0.39, 0.29) is 23.7 Å². The third kappa shape index (κ3) is 7.75. The molecule has 3 aliphatic rings. The number of alkyl halides is 6. The standard InChI is InChI=1S/C32H46F6O4/c1-27(2,41)13-6-14-28(3,15-7-17-30(42,31(33,34)35)32(36,37)38)26-12-11-25-22(8-5-16-29(25,26)4)10-9-21-18-23(39)20-24(40)19-21/h9-10,23-26,39-42H,5-6,8,11-16,18-20H2,1-4H3/b21-9-,22-10+/t23?,24-,25?,26-,28+,29+/m1/s1. The van der Waals surface area contributed by atoms with E-state index in [2.05, 4.69) is 18.9 Å². The van der Waals surface area contributed by atoms with Crippen LogP contribution in [0.15, 0.2) is 23.3 Å². The summed E-state index contributed by atoms with van der Waals surface area (Å²) in [4.78, 5) is 0. The summed E-state index contributed by atoms with van der Waals surface area (Å²) in [5.41, 5.74) is -4.88. The second kappa shape index (κ2) is 12.5. The van der Waals surface area contributed by atoms with Gasteiger partial charge in [-0.15, -0.1) is 0 Å². The summed E-state index contributed by atoms with van der Waals surface area (Å²) in [5, 5.41) is 39.9. The van der Waals surface area contributed by atoms with Gasteiger partial charge in [0.2, 0.25) is 0 Å². The van der Waals surface area contributed by atoms with E-state index in [1.807, 2.05) is 13.0 Å². The summed E-state index contributed by atoms with van der Waals surface area (Å²) in [6.07, 6.45) is -2.41. The zero-order valence-corrected chi connectivity index (χ0v) is 25.0. The van der Waals surface area contributed by atoms with Gasteiger partial charge < -0.3 is 20.4 Å². The fourth-order valence-electron chi connectivity index (χ4n) is 7.90. The molecule has 0 heterocycles. The van der Waals surface area contributed by atoms with Crippen molar-refractivity contribution in [1.82, 2.24) is 0 Å². The summed E-state index contributed by atoms with van der Waals surface area (Å²) in [5.74, 6) is 3.42. The molecule has 3 saturated carbocycles. The summed E-state index contributed by atoms with van der Waals surface area (Å²) in [6.45, 7) is 7.34. The minimum Gasteiger partial charge on any atom is -0.393 e. The van der Waals surface area contributed by atoms with Gasteiger partial charge in [-0.2, -0.15) is 26.3 Å². The average Bonchev–Trinajstić information content (AvgIpc) is 3.18. The molecule has 0 amide bonds. The molecule has 240 valence electrons. The van der Waals surface area contributed by atoms with E-state index in [1.54, 1.807) is 13.8 Å². The maximum atomic E-state index is 13.3. The first-order chi connectivity index (χ1) is 19.1. The van der Waals surface area contributed by atoms with Crippen LogP contribution in [0.1, 0.15) is 105 Å². The molecule has 0 aromatic heterocycles. The zero-order valence-electron chi connectivity index (χ0n) is 25.0. The second-order valence-electron chi connectivity index (χ2n) is 14.1. The minimum atomic E-state index is -6.00. The Balaban J connectivity index is 1.93. The Labute approximate surface area is 245 Å². The van der Waals surface area contributed by atoms with E-state index in [0.29, 0.717) is 38.5 Å². The lowest BCUT2D eigenvalue weighted by atomic mass is 9.55. The maximum Gasteiger partial charge on any atom is 0.438 e. The molecule has 0 spiro atoms. The molecule has 42 heavy (non-hydrogen) atoms. The number of fused-ring (bicyclic) bond motifs is 1. The van der Waals surface area contributed by atoms with Crippen molar-refractivity contribution in [2.45, 2.75) is 141 Å². The van der Waals surface area contributed by atoms with E-state index >= 15 is 0 Å². The first kappa shape index (κ1) is 34.9. The van der Waals surface area contributed by atoms with Gasteiger partial charge in [0.1, 0.15) is 0 Å². The first-order valence-corrected chi connectivity index (χ1v) is 14.9. The summed E-state index contributed by atoms with van der Waals surface area (Å²) >= 11 is 0. The highest BCUT2D eigenvalue weighted by Crippen LogP contribution is 2.63. The van der Waals surface area contributed by atoms with Gasteiger partial charge in [0.25, 0.3) is 0 Å². The number of hydrogen-bond donors (Lipinski definition) is 4. The molecule has 0 aromatic rings. The summed E-state index contributed by atoms with van der Waals surface area (Å²) in [7, 11) is 0. The van der Waals surface area contributed by atoms with Gasteiger partial charge in [0.15, 0.2) is 0 Å². The Morgan fingerprint density at radius 3 is 2.05 bits per heavy atom. The summed E-state index contributed by atoms with van der Waals surface area (Å²) in [6, 6.07) is 0. The predicted octanol–water partition coefficient (Wildman–Crippen LogP) is 7.16. The van der Waals surface area contributed by atoms with Crippen LogP contribution in [-0.4, -0.2) is 56.2 Å². The SMILES string of the molecule is CC(C)(O)CCC[C@@](C)(CC#CC(O)(C(F)(F)F)C(F)(F)F)[C@H]1CCC2/C(=C/C=C3/CC(O)C[C@H](O)C3)CCC[C@@]21C. The van der Waals surface area contributed by atoms with Gasteiger partial charge in [-0.25, -0.2) is 0 Å². The normalized spacial score (nSPS) is 32.8. The third-order valence-electron chi connectivity index (χ3n) is 10.00. The van der Waals surface area contributed by atoms with Gasteiger partial charge in [-0.05, 0) is 107 Å². The number of halogens is 6. The van der Waals surface area contributed by atoms with Crippen LogP contribution in [0.5, 0.6) is 0 Å². The lowest BCUT2D eigenvalue weighted by molar-refractivity contribution is -0.343. The molecule has 3 fully saturated rings. The Bertz CT molecular complexity index is 1050. The van der Waals surface area contributed by atoms with Gasteiger partial charge in [-0.1, -0.05) is 49.5 Å². The van der Waals surface area contributed by atoms with Gasteiger partial charge in [0, 0.05) is 6.42 Å². The fraction of sp³-hybridized carbons (Fsp3) is 0.812. The quantitative estimate of drug-likeness (QED) is 0.183. The number of rotatable bonds is 7. The highest BCUT2D eigenvalue weighted by Gasteiger charge is 2.70. The highest BCUT2D eigenvalue weighted by atomic mass is 19.4. The van der Waals surface area contributed by atoms with Crippen molar-refractivity contribution in [3.05, 3.63) is 23.3 Å². The monoisotopic (exact) mass is 608 g/mol. The van der Waals surface area contributed by atoms with Gasteiger partial charge in [-0.3, -0.25) is 0 Å². The van der Waals surface area contributed by atoms with Crippen LogP contribution in [0.3, 0.4) is 0 Å². The molecule has 0 saturated heterocycles. The van der Waals surface area contributed by atoms with Crippen molar-refractivity contribution < 1.29 is 46.8 Å². The van der Waals surface area contributed by atoms with E-state index in [9.17, 15) is 46.8 Å². The van der Waals surface area contributed by atoms with Gasteiger partial charge in [0.05, 0.1) is 17.8 Å². The van der Waals surface area contributed by atoms with Crippen LogP contribution >= 0.6 is 0 Å². The number of allylic oxidation sites excluding steroid dienone is 3. The fourth-order valence-corrected chi connectivity index (χ4v) is 7.90. The van der Waals surface area contributed by atoms with Gasteiger partial charge >= 0.3 is 18.0 Å². The Kier molecular flexibility index (Phi) is 10.4. The molecule has 0 aromatic carbocycles. The average molecular weight is 609 g/mol. The Hall–Kier alpha value is -1.54. The van der Waals surface area contributed by atoms with Crippen molar-refractivity contribution in [3.63, 3.8) is 0 Å². The number of aliphatic hydroxyl groups excluding tert-OH is 2. The van der Waals surface area contributed by atoms with Crippen molar-refractivity contribution in [2.75, 3.05) is 0 Å². The van der Waals surface area contributed by atoms with Crippen LogP contribution in [0.4, 0.5) is 26.3 Å². The van der Waals surface area contributed by atoms with Crippen LogP contribution in [0.25, 0.3) is 0 Å². The Morgan fingerprint density at radius 2 is 1.50 bits per heavy atom. The summed E-state index contributed by atoms with van der Waals surface area (Å²) < 4.78 is 79.7. The lowest BCUT2D eigenvalue weighted by Gasteiger charge is -2.49. The molecule has 0 bridgehead atoms. The molecule has 0 radical (unpaired) electrons. The maximum absolute atomic E-state index is 13.3. The molecule has 4 N–H and O–H groups in total. The molecule has 0 aliphatic heterocycles. The van der Waals surface area contributed by atoms with E-state index in [0.717, 1.165) is 37.7 Å². The molecular weight excluding hydrogens is 562 g/mol. The van der Waals surface area contributed by atoms with Crippen molar-refractivity contribution >= 4 is 0 Å². The number of aliphatic hydroxyl groups is 4. The minimum absolute atomic E-state index is 0.0503. The lowest BCUT2D eigenvalue weighted by Crippen LogP contribution is -2.55. The van der Waals surface area contributed by atoms with Crippen LogP contribution < -0.4 is 0 Å². The predicted molar refractivity (Wildman–Crippen MR) is 148 cm³/mol. The molecule has 3 aliphatic carbocycles. The highest BCUT2D eigenvalue weighted by molar-refractivity contribution is 5.27. The molecule has 3 rings (SSSR count). The number of hydrogen-bond acceptors (Lipinski definition) is 4. The molecular formula is C32H46F6O4. The van der Waals surface area contributed by atoms with E-state index in [1.165, 1.54) is 11.5 Å². The van der Waals surface area contributed by atoms with Crippen molar-refractivity contribution in [2.24, 2.45) is 22.7 Å². The second-order valence-corrected chi connectivity index (χ2v) is 14.1. The van der Waals surface area contributed by atoms with Crippen LogP contribution in [-0.2, 0) is 0 Å². The Morgan fingerprint density at radius 1 is 0.905 bits per heavy atom. The van der Waals surface area contributed by atoms with E-state index < -0.39 is 41.2 Å². The molecule has 10 heteroatoms. The topological polar surface area (TPSA) is 80.9 Å². The zero-order chi connectivity index (χ0) is 31.8. The van der Waals surface area contributed by atoms with Crippen molar-refractivity contribution in [1.29, 1.82) is 0 Å².